The number of carbonyl (C=O) groups is 2. The highest BCUT2D eigenvalue weighted by molar-refractivity contribution is 5.98. The van der Waals surface area contributed by atoms with Crippen LogP contribution in [0.2, 0.25) is 0 Å². The van der Waals surface area contributed by atoms with Gasteiger partial charge >= 0.3 is 0 Å². The number of aliphatic hydroxyl groups is 1. The van der Waals surface area contributed by atoms with Crippen LogP contribution in [0.15, 0.2) is 54.6 Å². The number of hydrogen-bond acceptors (Lipinski definition) is 3. The van der Waals surface area contributed by atoms with Crippen LogP contribution in [0.5, 0.6) is 0 Å². The molecule has 1 atom stereocenters. The monoisotopic (exact) mass is 324 g/mol. The van der Waals surface area contributed by atoms with Crippen LogP contribution in [-0.4, -0.2) is 30.0 Å². The van der Waals surface area contributed by atoms with Gasteiger partial charge in [-0.1, -0.05) is 48.5 Å². The second-order valence-corrected chi connectivity index (χ2v) is 5.81. The number of carbonyl (C=O) groups excluding carboxylic acids is 2. The van der Waals surface area contributed by atoms with Crippen molar-refractivity contribution in [3.05, 3.63) is 65.7 Å². The van der Waals surface area contributed by atoms with Crippen LogP contribution in [-0.2, 0) is 16.0 Å². The summed E-state index contributed by atoms with van der Waals surface area (Å²) in [5, 5.41) is 12.6. The number of amides is 2. The molecule has 1 heterocycles. The summed E-state index contributed by atoms with van der Waals surface area (Å²) >= 11 is 0. The molecule has 2 aromatic rings. The van der Waals surface area contributed by atoms with Gasteiger partial charge in [-0.2, -0.15) is 0 Å². The Morgan fingerprint density at radius 1 is 1.08 bits per heavy atom. The highest BCUT2D eigenvalue weighted by Crippen LogP contribution is 2.26. The molecule has 124 valence electrons. The van der Waals surface area contributed by atoms with E-state index < -0.39 is 12.0 Å². The molecule has 0 aromatic heterocycles. The maximum Gasteiger partial charge on any atom is 0.253 e. The molecule has 0 aliphatic carbocycles. The van der Waals surface area contributed by atoms with Crippen molar-refractivity contribution in [1.82, 2.24) is 5.32 Å². The van der Waals surface area contributed by atoms with Crippen LogP contribution in [0.1, 0.15) is 23.7 Å². The number of fused-ring (bicyclic) bond motifs is 1. The average Bonchev–Trinajstić information content (AvgIpc) is 2.65. The fourth-order valence-corrected chi connectivity index (χ4v) is 2.93. The number of aryl methyl sites for hydroxylation is 1. The van der Waals surface area contributed by atoms with Gasteiger partial charge in [0.1, 0.15) is 0 Å². The van der Waals surface area contributed by atoms with Crippen molar-refractivity contribution in [3.8, 4) is 0 Å². The van der Waals surface area contributed by atoms with Crippen molar-refractivity contribution in [2.75, 3.05) is 18.0 Å². The average molecular weight is 324 g/mol. The maximum absolute atomic E-state index is 12.5. The van der Waals surface area contributed by atoms with Crippen molar-refractivity contribution in [1.29, 1.82) is 0 Å². The van der Waals surface area contributed by atoms with Crippen molar-refractivity contribution in [2.24, 2.45) is 0 Å². The molecule has 0 spiro atoms. The zero-order valence-corrected chi connectivity index (χ0v) is 13.3. The van der Waals surface area contributed by atoms with E-state index in [2.05, 4.69) is 5.32 Å². The molecule has 0 saturated heterocycles. The van der Waals surface area contributed by atoms with Crippen molar-refractivity contribution >= 4 is 17.5 Å². The molecule has 0 saturated carbocycles. The fraction of sp³-hybridized carbons (Fsp3) is 0.263. The minimum Gasteiger partial charge on any atom is -0.378 e. The van der Waals surface area contributed by atoms with Crippen molar-refractivity contribution in [2.45, 2.75) is 18.9 Å². The minimum absolute atomic E-state index is 0.128. The highest BCUT2D eigenvalue weighted by Gasteiger charge is 2.23. The molecule has 1 unspecified atom stereocenters. The molecular weight excluding hydrogens is 304 g/mol. The summed E-state index contributed by atoms with van der Waals surface area (Å²) in [6, 6.07) is 16.5. The van der Waals surface area contributed by atoms with E-state index >= 15 is 0 Å². The molecule has 1 aliphatic rings. The third kappa shape index (κ3) is 3.46. The first-order valence-corrected chi connectivity index (χ1v) is 8.06. The molecule has 2 N–H and O–H groups in total. The molecular formula is C19H20N2O3. The molecule has 2 aromatic carbocycles. The first-order chi connectivity index (χ1) is 11.7. The summed E-state index contributed by atoms with van der Waals surface area (Å²) in [4.78, 5) is 26.2. The lowest BCUT2D eigenvalue weighted by Gasteiger charge is -2.29. The fourth-order valence-electron chi connectivity index (χ4n) is 2.93. The van der Waals surface area contributed by atoms with Crippen LogP contribution in [0.25, 0.3) is 0 Å². The van der Waals surface area contributed by atoms with E-state index in [1.54, 1.807) is 29.2 Å². The van der Waals surface area contributed by atoms with Crippen LogP contribution in [0, 0.1) is 0 Å². The number of anilines is 1. The SMILES string of the molecule is O=C(NCC(=O)N1CCCc2ccccc21)C(O)c1ccccc1. The number of nitrogens with one attached hydrogen (secondary N) is 1. The quantitative estimate of drug-likeness (QED) is 0.901. The van der Waals surface area contributed by atoms with Gasteiger partial charge in [0.25, 0.3) is 5.91 Å². The van der Waals surface area contributed by atoms with E-state index in [0.717, 1.165) is 24.1 Å². The van der Waals surface area contributed by atoms with Gasteiger partial charge < -0.3 is 15.3 Å². The van der Waals surface area contributed by atoms with Crippen molar-refractivity contribution in [3.63, 3.8) is 0 Å². The predicted molar refractivity (Wildman–Crippen MR) is 91.5 cm³/mol. The topological polar surface area (TPSA) is 69.6 Å². The standard InChI is InChI=1S/C19H20N2O3/c22-17(21-12-6-10-14-7-4-5-11-16(14)21)13-20-19(24)18(23)15-8-2-1-3-9-15/h1-5,7-9,11,18,23H,6,10,12-13H2,(H,20,24). The number of para-hydroxylation sites is 1. The smallest absolute Gasteiger partial charge is 0.253 e. The van der Waals surface area contributed by atoms with Gasteiger partial charge in [-0.15, -0.1) is 0 Å². The largest absolute Gasteiger partial charge is 0.378 e. The Bertz CT molecular complexity index is 730. The summed E-state index contributed by atoms with van der Waals surface area (Å²) in [5.74, 6) is -0.740. The van der Waals surface area contributed by atoms with Gasteiger partial charge in [-0.3, -0.25) is 9.59 Å². The van der Waals surface area contributed by atoms with Gasteiger partial charge in [0.05, 0.1) is 6.54 Å². The Balaban J connectivity index is 1.61. The van der Waals surface area contributed by atoms with E-state index in [4.69, 9.17) is 0 Å². The normalized spacial score (nSPS) is 14.6. The Hall–Kier alpha value is -2.66. The molecule has 2 amide bonds. The molecule has 0 bridgehead atoms. The third-order valence-corrected chi connectivity index (χ3v) is 4.19. The zero-order valence-electron chi connectivity index (χ0n) is 13.3. The zero-order chi connectivity index (χ0) is 16.9. The molecule has 0 radical (unpaired) electrons. The lowest BCUT2D eigenvalue weighted by Crippen LogP contribution is -2.43. The van der Waals surface area contributed by atoms with Gasteiger partial charge in [-0.25, -0.2) is 0 Å². The van der Waals surface area contributed by atoms with E-state index in [0.29, 0.717) is 12.1 Å². The number of aliphatic hydroxyl groups excluding tert-OH is 1. The molecule has 1 aliphatic heterocycles. The van der Waals surface area contributed by atoms with Crippen LogP contribution < -0.4 is 10.2 Å². The summed E-state index contributed by atoms with van der Waals surface area (Å²) in [7, 11) is 0. The second kappa shape index (κ2) is 7.27. The van der Waals surface area contributed by atoms with Crippen molar-refractivity contribution < 1.29 is 14.7 Å². The van der Waals surface area contributed by atoms with E-state index in [-0.39, 0.29) is 12.5 Å². The van der Waals surface area contributed by atoms with Gasteiger partial charge in [0, 0.05) is 12.2 Å². The van der Waals surface area contributed by atoms with Gasteiger partial charge in [0.2, 0.25) is 5.91 Å². The third-order valence-electron chi connectivity index (χ3n) is 4.19. The first kappa shape index (κ1) is 16.2. The summed E-state index contributed by atoms with van der Waals surface area (Å²) in [6.07, 6.45) is 0.593. The molecule has 0 fully saturated rings. The van der Waals surface area contributed by atoms with E-state index in [9.17, 15) is 14.7 Å². The van der Waals surface area contributed by atoms with Crippen LogP contribution in [0.3, 0.4) is 0 Å². The Morgan fingerprint density at radius 3 is 2.58 bits per heavy atom. The first-order valence-electron chi connectivity index (χ1n) is 8.06. The van der Waals surface area contributed by atoms with E-state index in [1.165, 1.54) is 0 Å². The van der Waals surface area contributed by atoms with Crippen LogP contribution in [0.4, 0.5) is 5.69 Å². The Morgan fingerprint density at radius 2 is 1.79 bits per heavy atom. The molecule has 3 rings (SSSR count). The number of hydrogen-bond donors (Lipinski definition) is 2. The van der Waals surface area contributed by atoms with Gasteiger partial charge in [-0.05, 0) is 30.0 Å². The van der Waals surface area contributed by atoms with Gasteiger partial charge in [0.15, 0.2) is 6.10 Å². The summed E-state index contributed by atoms with van der Waals surface area (Å²) in [5.41, 5.74) is 2.56. The Labute approximate surface area is 140 Å². The van der Waals surface area contributed by atoms with E-state index in [1.807, 2.05) is 30.3 Å². The number of rotatable bonds is 4. The second-order valence-electron chi connectivity index (χ2n) is 5.81. The predicted octanol–water partition coefficient (Wildman–Crippen LogP) is 1.82. The lowest BCUT2D eigenvalue weighted by molar-refractivity contribution is -0.131. The molecule has 5 heteroatoms. The summed E-state index contributed by atoms with van der Waals surface area (Å²) in [6.45, 7) is 0.518. The minimum atomic E-state index is -1.27. The summed E-state index contributed by atoms with van der Waals surface area (Å²) < 4.78 is 0. The Kier molecular flexibility index (Phi) is 4.91. The molecule has 5 nitrogen and oxygen atoms in total. The molecule has 24 heavy (non-hydrogen) atoms. The van der Waals surface area contributed by atoms with Crippen LogP contribution >= 0.6 is 0 Å². The number of nitrogens with zero attached hydrogens (tertiary/aromatic N) is 1. The maximum atomic E-state index is 12.5. The highest BCUT2D eigenvalue weighted by atomic mass is 16.3. The lowest BCUT2D eigenvalue weighted by atomic mass is 10.0. The number of benzene rings is 2.